The number of hydrogen-bond donors (Lipinski definition) is 2. The molecule has 0 radical (unpaired) electrons. The standard InChI is InChI=1S/C13H17BrN2O2/c1-8-6-10(14)12(11(15)7-8)16-13(17)9-2-4-18-5-3-9/h6-7,9H,2-5,15H2,1H3,(H,16,17). The first-order valence-corrected chi connectivity index (χ1v) is 6.81. The fourth-order valence-corrected chi connectivity index (χ4v) is 2.78. The molecule has 3 N–H and O–H groups in total. The maximum Gasteiger partial charge on any atom is 0.227 e. The van der Waals surface area contributed by atoms with E-state index in [9.17, 15) is 4.79 Å². The van der Waals surface area contributed by atoms with Crippen molar-refractivity contribution in [3.63, 3.8) is 0 Å². The van der Waals surface area contributed by atoms with E-state index in [1.807, 2.05) is 19.1 Å². The molecule has 0 atom stereocenters. The molecule has 0 spiro atoms. The highest BCUT2D eigenvalue weighted by molar-refractivity contribution is 9.10. The van der Waals surface area contributed by atoms with Crippen LogP contribution in [0.15, 0.2) is 16.6 Å². The van der Waals surface area contributed by atoms with Gasteiger partial charge in [0.25, 0.3) is 0 Å². The Morgan fingerprint density at radius 2 is 2.11 bits per heavy atom. The number of aryl methyl sites for hydroxylation is 1. The third-order valence-electron chi connectivity index (χ3n) is 3.11. The van der Waals surface area contributed by atoms with Gasteiger partial charge in [-0.3, -0.25) is 4.79 Å². The van der Waals surface area contributed by atoms with Gasteiger partial charge in [-0.15, -0.1) is 0 Å². The highest BCUT2D eigenvalue weighted by Crippen LogP contribution is 2.31. The maximum atomic E-state index is 12.1. The zero-order valence-electron chi connectivity index (χ0n) is 10.3. The summed E-state index contributed by atoms with van der Waals surface area (Å²) in [5.41, 5.74) is 8.24. The summed E-state index contributed by atoms with van der Waals surface area (Å²) in [5.74, 6) is 0.0425. The number of halogens is 1. The minimum absolute atomic E-state index is 0.0198. The molecule has 0 bridgehead atoms. The molecule has 1 fully saturated rings. The van der Waals surface area contributed by atoms with Gasteiger partial charge in [0, 0.05) is 23.6 Å². The number of nitrogen functional groups attached to an aromatic ring is 1. The Balaban J connectivity index is 2.11. The van der Waals surface area contributed by atoms with Crippen LogP contribution in [-0.2, 0) is 9.53 Å². The summed E-state index contributed by atoms with van der Waals surface area (Å²) in [7, 11) is 0. The lowest BCUT2D eigenvalue weighted by Crippen LogP contribution is -2.29. The number of amides is 1. The van der Waals surface area contributed by atoms with E-state index in [0.29, 0.717) is 24.6 Å². The molecule has 1 saturated heterocycles. The van der Waals surface area contributed by atoms with Crippen molar-refractivity contribution >= 4 is 33.2 Å². The van der Waals surface area contributed by atoms with Crippen molar-refractivity contribution in [2.75, 3.05) is 24.3 Å². The van der Waals surface area contributed by atoms with Crippen molar-refractivity contribution in [2.24, 2.45) is 5.92 Å². The van der Waals surface area contributed by atoms with Crippen molar-refractivity contribution in [2.45, 2.75) is 19.8 Å². The molecule has 5 heteroatoms. The number of carbonyl (C=O) groups is 1. The summed E-state index contributed by atoms with van der Waals surface area (Å²) in [4.78, 5) is 12.1. The Bertz CT molecular complexity index is 433. The first-order valence-electron chi connectivity index (χ1n) is 6.02. The summed E-state index contributed by atoms with van der Waals surface area (Å²) < 4.78 is 6.07. The van der Waals surface area contributed by atoms with Gasteiger partial charge >= 0.3 is 0 Å². The van der Waals surface area contributed by atoms with E-state index in [-0.39, 0.29) is 11.8 Å². The van der Waals surface area contributed by atoms with Crippen LogP contribution in [0, 0.1) is 12.8 Å². The molecule has 2 rings (SSSR count). The Kier molecular flexibility index (Phi) is 4.24. The quantitative estimate of drug-likeness (QED) is 0.825. The third kappa shape index (κ3) is 3.03. The average Bonchev–Trinajstić information content (AvgIpc) is 2.34. The van der Waals surface area contributed by atoms with Crippen molar-refractivity contribution in [3.8, 4) is 0 Å². The van der Waals surface area contributed by atoms with Gasteiger partial charge in [0.15, 0.2) is 0 Å². The summed E-state index contributed by atoms with van der Waals surface area (Å²) in [5, 5.41) is 2.91. The fourth-order valence-electron chi connectivity index (χ4n) is 2.09. The van der Waals surface area contributed by atoms with Gasteiger partial charge in [-0.2, -0.15) is 0 Å². The molecule has 1 aromatic carbocycles. The highest BCUT2D eigenvalue weighted by Gasteiger charge is 2.22. The molecule has 0 aromatic heterocycles. The lowest BCUT2D eigenvalue weighted by molar-refractivity contribution is -0.122. The third-order valence-corrected chi connectivity index (χ3v) is 3.73. The lowest BCUT2D eigenvalue weighted by atomic mass is 9.99. The van der Waals surface area contributed by atoms with Crippen molar-refractivity contribution in [1.82, 2.24) is 0 Å². The Morgan fingerprint density at radius 1 is 1.44 bits per heavy atom. The van der Waals surface area contributed by atoms with Crippen molar-refractivity contribution in [3.05, 3.63) is 22.2 Å². The summed E-state index contributed by atoms with van der Waals surface area (Å²) in [6, 6.07) is 3.79. The summed E-state index contributed by atoms with van der Waals surface area (Å²) in [6.07, 6.45) is 1.55. The van der Waals surface area contributed by atoms with Gasteiger partial charge in [-0.25, -0.2) is 0 Å². The lowest BCUT2D eigenvalue weighted by Gasteiger charge is -2.22. The van der Waals surface area contributed by atoms with E-state index in [1.165, 1.54) is 0 Å². The normalized spacial score (nSPS) is 16.6. The molecular weight excluding hydrogens is 296 g/mol. The van der Waals surface area contributed by atoms with Crippen LogP contribution >= 0.6 is 15.9 Å². The Hall–Kier alpha value is -1.07. The second-order valence-corrected chi connectivity index (χ2v) is 5.44. The number of anilines is 2. The first kappa shape index (κ1) is 13.4. The van der Waals surface area contributed by atoms with Crippen LogP contribution in [0.4, 0.5) is 11.4 Å². The van der Waals surface area contributed by atoms with E-state index in [1.54, 1.807) is 0 Å². The number of carbonyl (C=O) groups excluding carboxylic acids is 1. The molecule has 1 amide bonds. The number of nitrogens with one attached hydrogen (secondary N) is 1. The highest BCUT2D eigenvalue weighted by atomic mass is 79.9. The van der Waals surface area contributed by atoms with Gasteiger partial charge in [-0.1, -0.05) is 0 Å². The Morgan fingerprint density at radius 3 is 2.72 bits per heavy atom. The SMILES string of the molecule is Cc1cc(N)c(NC(=O)C2CCOCC2)c(Br)c1. The summed E-state index contributed by atoms with van der Waals surface area (Å²) in [6.45, 7) is 3.27. The van der Waals surface area contributed by atoms with E-state index in [0.717, 1.165) is 22.9 Å². The van der Waals surface area contributed by atoms with Crippen molar-refractivity contribution < 1.29 is 9.53 Å². The van der Waals surface area contributed by atoms with Crippen LogP contribution in [0.1, 0.15) is 18.4 Å². The van der Waals surface area contributed by atoms with Gasteiger partial charge in [0.05, 0.1) is 11.4 Å². The average molecular weight is 313 g/mol. The second kappa shape index (κ2) is 5.71. The topological polar surface area (TPSA) is 64.3 Å². The molecule has 1 heterocycles. The minimum atomic E-state index is 0.0198. The number of nitrogens with two attached hydrogens (primary N) is 1. The van der Waals surface area contributed by atoms with Crippen LogP contribution in [0.5, 0.6) is 0 Å². The molecule has 1 aliphatic heterocycles. The zero-order chi connectivity index (χ0) is 13.1. The van der Waals surface area contributed by atoms with E-state index >= 15 is 0 Å². The number of benzene rings is 1. The van der Waals surface area contributed by atoms with Crippen LogP contribution in [0.25, 0.3) is 0 Å². The molecule has 18 heavy (non-hydrogen) atoms. The molecular formula is C13H17BrN2O2. The number of rotatable bonds is 2. The zero-order valence-corrected chi connectivity index (χ0v) is 11.9. The molecule has 1 aromatic rings. The van der Waals surface area contributed by atoms with Crippen LogP contribution in [-0.4, -0.2) is 19.1 Å². The van der Waals surface area contributed by atoms with E-state index in [2.05, 4.69) is 21.2 Å². The summed E-state index contributed by atoms with van der Waals surface area (Å²) >= 11 is 3.43. The van der Waals surface area contributed by atoms with E-state index < -0.39 is 0 Å². The van der Waals surface area contributed by atoms with E-state index in [4.69, 9.17) is 10.5 Å². The monoisotopic (exact) mass is 312 g/mol. The second-order valence-electron chi connectivity index (χ2n) is 4.59. The predicted octanol–water partition coefficient (Wildman–Crippen LogP) is 2.70. The Labute approximate surface area is 115 Å². The molecule has 0 unspecified atom stereocenters. The molecule has 0 saturated carbocycles. The first-order chi connectivity index (χ1) is 8.58. The van der Waals surface area contributed by atoms with Gasteiger partial charge < -0.3 is 15.8 Å². The molecule has 98 valence electrons. The van der Waals surface area contributed by atoms with Crippen LogP contribution < -0.4 is 11.1 Å². The van der Waals surface area contributed by atoms with Crippen molar-refractivity contribution in [1.29, 1.82) is 0 Å². The van der Waals surface area contributed by atoms with Gasteiger partial charge in [0.2, 0.25) is 5.91 Å². The predicted molar refractivity (Wildman–Crippen MR) is 75.5 cm³/mol. The molecule has 0 aliphatic carbocycles. The minimum Gasteiger partial charge on any atom is -0.397 e. The smallest absolute Gasteiger partial charge is 0.227 e. The number of hydrogen-bond acceptors (Lipinski definition) is 3. The maximum absolute atomic E-state index is 12.1. The number of ether oxygens (including phenoxy) is 1. The molecule has 4 nitrogen and oxygen atoms in total. The fraction of sp³-hybridized carbons (Fsp3) is 0.462. The van der Waals surface area contributed by atoms with Gasteiger partial charge in [-0.05, 0) is 53.4 Å². The molecule has 1 aliphatic rings. The van der Waals surface area contributed by atoms with Gasteiger partial charge in [0.1, 0.15) is 0 Å². The largest absolute Gasteiger partial charge is 0.397 e. The van der Waals surface area contributed by atoms with Crippen LogP contribution in [0.2, 0.25) is 0 Å². The van der Waals surface area contributed by atoms with Crippen LogP contribution in [0.3, 0.4) is 0 Å².